The van der Waals surface area contributed by atoms with E-state index in [-0.39, 0.29) is 0 Å². The summed E-state index contributed by atoms with van der Waals surface area (Å²) in [6.07, 6.45) is 3.85. The molecule has 3 heterocycles. The average Bonchev–Trinajstić information content (AvgIpc) is 3.25. The molecule has 152 valence electrons. The molecule has 0 unspecified atom stereocenters. The van der Waals surface area contributed by atoms with Crippen LogP contribution in [-0.2, 0) is 4.74 Å². The molecule has 0 amide bonds. The predicted molar refractivity (Wildman–Crippen MR) is 115 cm³/mol. The first-order chi connectivity index (χ1) is 14.2. The summed E-state index contributed by atoms with van der Waals surface area (Å²) in [6.45, 7) is 3.10. The SMILES string of the molecule is COc1cc(/C=C/c2nc(N3CCOCC3)c3sccc3n2)cc(OC)c1OC. The lowest BCUT2D eigenvalue weighted by atomic mass is 10.1. The molecule has 0 radical (unpaired) electrons. The van der Waals surface area contributed by atoms with Crippen LogP contribution in [0.2, 0.25) is 0 Å². The lowest BCUT2D eigenvalue weighted by Gasteiger charge is -2.28. The summed E-state index contributed by atoms with van der Waals surface area (Å²) in [6, 6.07) is 5.82. The fraction of sp³-hybridized carbons (Fsp3) is 0.333. The van der Waals surface area contributed by atoms with E-state index in [9.17, 15) is 0 Å². The molecular formula is C21H23N3O4S. The largest absolute Gasteiger partial charge is 0.493 e. The fourth-order valence-electron chi connectivity index (χ4n) is 3.30. The van der Waals surface area contributed by atoms with E-state index in [1.165, 1.54) is 0 Å². The number of fused-ring (bicyclic) bond motifs is 1. The second-order valence-corrected chi connectivity index (χ2v) is 7.35. The van der Waals surface area contributed by atoms with E-state index in [2.05, 4.69) is 10.3 Å². The molecule has 8 heteroatoms. The molecule has 4 rings (SSSR count). The van der Waals surface area contributed by atoms with Crippen LogP contribution in [0.15, 0.2) is 23.6 Å². The van der Waals surface area contributed by atoms with Crippen molar-refractivity contribution >= 4 is 39.5 Å². The number of aromatic nitrogens is 2. The number of rotatable bonds is 6. The zero-order valence-electron chi connectivity index (χ0n) is 16.7. The molecule has 0 N–H and O–H groups in total. The number of anilines is 1. The van der Waals surface area contributed by atoms with Gasteiger partial charge in [0.25, 0.3) is 0 Å². The van der Waals surface area contributed by atoms with E-state index < -0.39 is 0 Å². The molecule has 29 heavy (non-hydrogen) atoms. The molecular weight excluding hydrogens is 390 g/mol. The first-order valence-corrected chi connectivity index (χ1v) is 10.2. The van der Waals surface area contributed by atoms with Crippen molar-refractivity contribution in [1.82, 2.24) is 9.97 Å². The Morgan fingerprint density at radius 1 is 1.00 bits per heavy atom. The number of ether oxygens (including phenoxy) is 4. The molecule has 0 saturated carbocycles. The van der Waals surface area contributed by atoms with Crippen LogP contribution in [0, 0.1) is 0 Å². The van der Waals surface area contributed by atoms with E-state index in [1.54, 1.807) is 32.7 Å². The van der Waals surface area contributed by atoms with Crippen molar-refractivity contribution in [3.8, 4) is 17.2 Å². The normalized spacial score (nSPS) is 14.5. The molecule has 1 aliphatic rings. The van der Waals surface area contributed by atoms with Gasteiger partial charge in [-0.2, -0.15) is 0 Å². The topological polar surface area (TPSA) is 65.9 Å². The molecule has 1 saturated heterocycles. The molecule has 0 bridgehead atoms. The van der Waals surface area contributed by atoms with Crippen LogP contribution in [0.5, 0.6) is 17.2 Å². The van der Waals surface area contributed by atoms with Crippen molar-refractivity contribution in [2.24, 2.45) is 0 Å². The summed E-state index contributed by atoms with van der Waals surface area (Å²) in [4.78, 5) is 11.8. The number of hydrogen-bond donors (Lipinski definition) is 0. The van der Waals surface area contributed by atoms with Crippen LogP contribution in [0.1, 0.15) is 11.4 Å². The third-order valence-corrected chi connectivity index (χ3v) is 5.63. The van der Waals surface area contributed by atoms with E-state index >= 15 is 0 Å². The van der Waals surface area contributed by atoms with Crippen LogP contribution >= 0.6 is 11.3 Å². The standard InChI is InChI=1S/C21H23N3O4S/c1-25-16-12-14(13-17(26-2)19(16)27-3)4-5-18-22-15-6-11-29-20(15)21(23-18)24-7-9-28-10-8-24/h4-6,11-13H,7-10H2,1-3H3/b5-4+. The first-order valence-electron chi connectivity index (χ1n) is 9.29. The summed E-state index contributed by atoms with van der Waals surface area (Å²) in [7, 11) is 4.80. The quantitative estimate of drug-likeness (QED) is 0.610. The molecule has 0 aliphatic carbocycles. The van der Waals surface area contributed by atoms with Crippen LogP contribution in [-0.4, -0.2) is 57.6 Å². The summed E-state index contributed by atoms with van der Waals surface area (Å²) < 4.78 is 22.8. The minimum atomic E-state index is 0.567. The van der Waals surface area contributed by atoms with Gasteiger partial charge in [0.2, 0.25) is 5.75 Å². The van der Waals surface area contributed by atoms with Crippen LogP contribution in [0.3, 0.4) is 0 Å². The highest BCUT2D eigenvalue weighted by Crippen LogP contribution is 2.38. The van der Waals surface area contributed by atoms with Gasteiger partial charge in [0.1, 0.15) is 0 Å². The minimum absolute atomic E-state index is 0.567. The number of morpholine rings is 1. The van der Waals surface area contributed by atoms with Gasteiger partial charge in [0, 0.05) is 13.1 Å². The second-order valence-electron chi connectivity index (χ2n) is 6.43. The molecule has 0 spiro atoms. The Morgan fingerprint density at radius 2 is 1.72 bits per heavy atom. The summed E-state index contributed by atoms with van der Waals surface area (Å²) in [5.74, 6) is 3.41. The molecule has 3 aromatic rings. The van der Waals surface area contributed by atoms with Crippen LogP contribution < -0.4 is 19.1 Å². The maximum absolute atomic E-state index is 5.48. The van der Waals surface area contributed by atoms with Crippen molar-refractivity contribution in [2.75, 3.05) is 52.5 Å². The van der Waals surface area contributed by atoms with Crippen molar-refractivity contribution in [2.45, 2.75) is 0 Å². The van der Waals surface area contributed by atoms with Crippen molar-refractivity contribution in [3.63, 3.8) is 0 Å². The van der Waals surface area contributed by atoms with Gasteiger partial charge in [-0.25, -0.2) is 9.97 Å². The number of thiophene rings is 1. The fourth-order valence-corrected chi connectivity index (χ4v) is 4.15. The van der Waals surface area contributed by atoms with Crippen molar-refractivity contribution in [1.29, 1.82) is 0 Å². The van der Waals surface area contributed by atoms with Gasteiger partial charge in [-0.3, -0.25) is 0 Å². The zero-order chi connectivity index (χ0) is 20.2. The van der Waals surface area contributed by atoms with E-state index in [0.29, 0.717) is 36.3 Å². The predicted octanol–water partition coefficient (Wildman–Crippen LogP) is 3.72. The van der Waals surface area contributed by atoms with E-state index in [4.69, 9.17) is 28.9 Å². The summed E-state index contributed by atoms with van der Waals surface area (Å²) in [5, 5.41) is 2.05. The molecule has 0 atom stereocenters. The van der Waals surface area contributed by atoms with Crippen LogP contribution in [0.25, 0.3) is 22.4 Å². The van der Waals surface area contributed by atoms with E-state index in [1.807, 2.05) is 30.4 Å². The van der Waals surface area contributed by atoms with Gasteiger partial charge in [0.15, 0.2) is 23.1 Å². The highest BCUT2D eigenvalue weighted by atomic mass is 32.1. The third kappa shape index (κ3) is 3.99. The Labute approximate surface area is 173 Å². The average molecular weight is 413 g/mol. The Kier molecular flexibility index (Phi) is 5.82. The molecule has 7 nitrogen and oxygen atoms in total. The maximum atomic E-state index is 5.48. The monoisotopic (exact) mass is 413 g/mol. The van der Waals surface area contributed by atoms with Gasteiger partial charge >= 0.3 is 0 Å². The Morgan fingerprint density at radius 3 is 2.38 bits per heavy atom. The van der Waals surface area contributed by atoms with Gasteiger partial charge in [-0.05, 0) is 35.2 Å². The summed E-state index contributed by atoms with van der Waals surface area (Å²) in [5.41, 5.74) is 1.86. The van der Waals surface area contributed by atoms with Crippen LogP contribution in [0.4, 0.5) is 5.82 Å². The number of methoxy groups -OCH3 is 3. The van der Waals surface area contributed by atoms with Gasteiger partial charge in [-0.15, -0.1) is 11.3 Å². The molecule has 1 fully saturated rings. The lowest BCUT2D eigenvalue weighted by Crippen LogP contribution is -2.36. The number of nitrogens with zero attached hydrogens (tertiary/aromatic N) is 3. The smallest absolute Gasteiger partial charge is 0.203 e. The second kappa shape index (κ2) is 8.67. The Balaban J connectivity index is 1.70. The van der Waals surface area contributed by atoms with Crippen molar-refractivity contribution < 1.29 is 18.9 Å². The van der Waals surface area contributed by atoms with Gasteiger partial charge < -0.3 is 23.8 Å². The zero-order valence-corrected chi connectivity index (χ0v) is 17.5. The summed E-state index contributed by atoms with van der Waals surface area (Å²) >= 11 is 1.67. The van der Waals surface area contributed by atoms with E-state index in [0.717, 1.165) is 34.7 Å². The Bertz CT molecular complexity index is 1000. The minimum Gasteiger partial charge on any atom is -0.493 e. The number of hydrogen-bond acceptors (Lipinski definition) is 8. The highest BCUT2D eigenvalue weighted by Gasteiger charge is 2.18. The van der Waals surface area contributed by atoms with Gasteiger partial charge in [0.05, 0.1) is 44.8 Å². The molecule has 1 aliphatic heterocycles. The maximum Gasteiger partial charge on any atom is 0.203 e. The van der Waals surface area contributed by atoms with Crippen molar-refractivity contribution in [3.05, 3.63) is 35.0 Å². The first kappa shape index (κ1) is 19.5. The lowest BCUT2D eigenvalue weighted by molar-refractivity contribution is 0.122. The number of benzene rings is 1. The van der Waals surface area contributed by atoms with Gasteiger partial charge in [-0.1, -0.05) is 6.08 Å². The highest BCUT2D eigenvalue weighted by molar-refractivity contribution is 7.17. The molecule has 2 aromatic heterocycles. The Hall–Kier alpha value is -2.84. The molecule has 1 aromatic carbocycles. The third-order valence-electron chi connectivity index (χ3n) is 4.73.